The molecule has 7 nitrogen and oxygen atoms in total. The fourth-order valence-corrected chi connectivity index (χ4v) is 4.48. The van der Waals surface area contributed by atoms with Crippen molar-refractivity contribution in [1.29, 1.82) is 5.26 Å². The summed E-state index contributed by atoms with van der Waals surface area (Å²) in [4.78, 5) is 19.9. The van der Waals surface area contributed by atoms with Crippen LogP contribution in [-0.4, -0.2) is 43.7 Å². The minimum atomic E-state index is -0.505. The summed E-state index contributed by atoms with van der Waals surface area (Å²) in [5.41, 5.74) is 4.06. The predicted octanol–water partition coefficient (Wildman–Crippen LogP) is 3.30. The van der Waals surface area contributed by atoms with Gasteiger partial charge in [-0.3, -0.25) is 4.79 Å². The molecule has 2 N–H and O–H groups in total. The highest BCUT2D eigenvalue weighted by Gasteiger charge is 2.49. The zero-order valence-electron chi connectivity index (χ0n) is 18.9. The Bertz CT molecular complexity index is 1160. The van der Waals surface area contributed by atoms with E-state index < -0.39 is 6.04 Å². The number of carbonyl (C=O) groups excluding carboxylic acids is 1. The largest absolute Gasteiger partial charge is 0.380 e. The topological polar surface area (TPSA) is 90.3 Å². The Kier molecular flexibility index (Phi) is 6.26. The van der Waals surface area contributed by atoms with Crippen LogP contribution < -0.4 is 15.5 Å². The lowest BCUT2D eigenvalue weighted by Gasteiger charge is -2.55. The number of nitrogens with zero attached hydrogens (tertiary/aromatic N) is 3. The minimum Gasteiger partial charge on any atom is -0.380 e. The van der Waals surface area contributed by atoms with Gasteiger partial charge < -0.3 is 20.3 Å². The maximum absolute atomic E-state index is 13.2. The van der Waals surface area contributed by atoms with Gasteiger partial charge in [-0.1, -0.05) is 42.5 Å². The molecule has 0 radical (unpaired) electrons. The van der Waals surface area contributed by atoms with Gasteiger partial charge in [0.05, 0.1) is 42.1 Å². The number of rotatable bonds is 8. The molecule has 5 rings (SSSR count). The molecule has 1 atom stereocenters. The van der Waals surface area contributed by atoms with Crippen LogP contribution in [0.25, 0.3) is 0 Å². The highest BCUT2D eigenvalue weighted by atomic mass is 16.5. The van der Waals surface area contributed by atoms with Gasteiger partial charge in [0, 0.05) is 19.6 Å². The number of carbonyl (C=O) groups is 1. The van der Waals surface area contributed by atoms with E-state index in [1.807, 2.05) is 72.9 Å². The fraction of sp³-hybridized carbons (Fsp3) is 0.296. The molecule has 34 heavy (non-hydrogen) atoms. The van der Waals surface area contributed by atoms with Crippen LogP contribution in [0.5, 0.6) is 0 Å². The molecule has 172 valence electrons. The summed E-state index contributed by atoms with van der Waals surface area (Å²) in [5.74, 6) is 0.381. The zero-order valence-corrected chi connectivity index (χ0v) is 18.9. The van der Waals surface area contributed by atoms with Gasteiger partial charge in [0.25, 0.3) is 0 Å². The molecule has 2 aliphatic heterocycles. The summed E-state index contributed by atoms with van der Waals surface area (Å²) >= 11 is 0. The van der Waals surface area contributed by atoms with Crippen molar-refractivity contribution in [2.45, 2.75) is 12.5 Å². The van der Waals surface area contributed by atoms with Crippen LogP contribution in [0, 0.1) is 16.7 Å². The van der Waals surface area contributed by atoms with E-state index in [0.29, 0.717) is 23.3 Å². The highest BCUT2D eigenvalue weighted by Crippen LogP contribution is 2.40. The first kappa shape index (κ1) is 22.1. The lowest BCUT2D eigenvalue weighted by Crippen LogP contribution is -2.66. The van der Waals surface area contributed by atoms with Crippen molar-refractivity contribution < 1.29 is 9.53 Å². The van der Waals surface area contributed by atoms with Crippen LogP contribution in [0.1, 0.15) is 22.7 Å². The van der Waals surface area contributed by atoms with Crippen molar-refractivity contribution in [3.63, 3.8) is 0 Å². The maximum Gasteiger partial charge on any atom is 0.247 e. The van der Waals surface area contributed by atoms with Gasteiger partial charge in [-0.15, -0.1) is 0 Å². The number of anilines is 2. The average molecular weight is 454 g/mol. The average Bonchev–Trinajstić information content (AvgIpc) is 2.82. The van der Waals surface area contributed by atoms with E-state index >= 15 is 0 Å². The van der Waals surface area contributed by atoms with Gasteiger partial charge in [0.1, 0.15) is 11.9 Å². The smallest absolute Gasteiger partial charge is 0.247 e. The van der Waals surface area contributed by atoms with Crippen molar-refractivity contribution in [1.82, 2.24) is 10.3 Å². The third kappa shape index (κ3) is 4.79. The van der Waals surface area contributed by atoms with Gasteiger partial charge in [-0.25, -0.2) is 4.98 Å². The Morgan fingerprint density at radius 2 is 1.85 bits per heavy atom. The molecule has 3 aromatic rings. The van der Waals surface area contributed by atoms with Crippen molar-refractivity contribution in [3.05, 3.63) is 89.6 Å². The number of benzene rings is 2. The van der Waals surface area contributed by atoms with Crippen LogP contribution in [0.15, 0.2) is 72.9 Å². The molecule has 0 aliphatic carbocycles. The summed E-state index contributed by atoms with van der Waals surface area (Å²) in [6.07, 6.45) is 2.56. The molecule has 1 amide bonds. The van der Waals surface area contributed by atoms with Crippen LogP contribution in [-0.2, 0) is 16.0 Å². The van der Waals surface area contributed by atoms with Crippen molar-refractivity contribution >= 4 is 17.4 Å². The number of aromatic nitrogens is 1. The molecule has 2 saturated heterocycles. The second-order valence-electron chi connectivity index (χ2n) is 9.10. The lowest BCUT2D eigenvalue weighted by atomic mass is 9.78. The first-order valence-electron chi connectivity index (χ1n) is 11.5. The summed E-state index contributed by atoms with van der Waals surface area (Å²) < 4.78 is 5.34. The number of nitrogens with one attached hydrogen (secondary N) is 2. The molecule has 2 aliphatic rings. The van der Waals surface area contributed by atoms with Gasteiger partial charge in [0.15, 0.2) is 0 Å². The Balaban J connectivity index is 1.20. The van der Waals surface area contributed by atoms with Gasteiger partial charge in [-0.05, 0) is 41.8 Å². The molecular formula is C27H27N5O2. The van der Waals surface area contributed by atoms with E-state index in [1.54, 1.807) is 0 Å². The predicted molar refractivity (Wildman–Crippen MR) is 130 cm³/mol. The third-order valence-corrected chi connectivity index (χ3v) is 6.47. The molecular weight excluding hydrogens is 426 g/mol. The monoisotopic (exact) mass is 453 g/mol. The quantitative estimate of drug-likeness (QED) is 0.544. The van der Waals surface area contributed by atoms with E-state index in [2.05, 4.69) is 26.6 Å². The Labute approximate surface area is 199 Å². The molecule has 2 aromatic carbocycles. The van der Waals surface area contributed by atoms with Gasteiger partial charge in [0.2, 0.25) is 5.91 Å². The Hall–Kier alpha value is -3.73. The van der Waals surface area contributed by atoms with Crippen LogP contribution in [0.3, 0.4) is 0 Å². The number of nitriles is 1. The van der Waals surface area contributed by atoms with E-state index in [4.69, 9.17) is 10.00 Å². The van der Waals surface area contributed by atoms with Crippen LogP contribution in [0.2, 0.25) is 0 Å². The first-order chi connectivity index (χ1) is 16.6. The number of amides is 1. The number of ether oxygens (including phenoxy) is 1. The highest BCUT2D eigenvalue weighted by molar-refractivity contribution is 5.94. The number of hydrogen-bond donors (Lipinski definition) is 2. The van der Waals surface area contributed by atoms with Gasteiger partial charge >= 0.3 is 0 Å². The summed E-state index contributed by atoms with van der Waals surface area (Å²) in [6.45, 7) is 4.32. The van der Waals surface area contributed by atoms with E-state index in [0.717, 1.165) is 49.5 Å². The first-order valence-corrected chi connectivity index (χ1v) is 11.5. The normalized spacial score (nSPS) is 16.7. The van der Waals surface area contributed by atoms with Crippen LogP contribution >= 0.6 is 0 Å². The molecule has 7 heteroatoms. The Morgan fingerprint density at radius 1 is 1.09 bits per heavy atom. The number of pyridine rings is 1. The van der Waals surface area contributed by atoms with E-state index in [9.17, 15) is 4.79 Å². The summed E-state index contributed by atoms with van der Waals surface area (Å²) in [5, 5.41) is 15.3. The molecule has 0 bridgehead atoms. The standard InChI is InChI=1S/C27H27N5O2/c28-14-21-8-6-20(7-9-21)12-13-29-25(22-4-2-1-3-5-22)26(33)31-24-11-10-23(15-30-24)32-16-27(17-32)18-34-19-27/h1-11,15,25,29H,12-13,16-19H2,(H,30,31,33)/t25-/m1/s1. The van der Waals surface area contributed by atoms with Crippen molar-refractivity contribution in [2.24, 2.45) is 5.41 Å². The minimum absolute atomic E-state index is 0.152. The zero-order chi connectivity index (χ0) is 23.4. The SMILES string of the molecule is N#Cc1ccc(CCN[C@@H](C(=O)Nc2ccc(N3CC4(COC4)C3)cn2)c2ccccc2)cc1. The molecule has 0 unspecified atom stereocenters. The van der Waals surface area contributed by atoms with Gasteiger partial charge in [-0.2, -0.15) is 5.26 Å². The molecule has 0 saturated carbocycles. The lowest BCUT2D eigenvalue weighted by molar-refractivity contribution is -0.127. The van der Waals surface area contributed by atoms with Crippen LogP contribution in [0.4, 0.5) is 11.5 Å². The third-order valence-electron chi connectivity index (χ3n) is 6.47. The van der Waals surface area contributed by atoms with Crippen molar-refractivity contribution in [3.8, 4) is 6.07 Å². The molecule has 1 aromatic heterocycles. The summed E-state index contributed by atoms with van der Waals surface area (Å²) in [7, 11) is 0. The second-order valence-corrected chi connectivity index (χ2v) is 9.10. The Morgan fingerprint density at radius 3 is 2.47 bits per heavy atom. The molecule has 3 heterocycles. The maximum atomic E-state index is 13.2. The molecule has 2 fully saturated rings. The fourth-order valence-electron chi connectivity index (χ4n) is 4.48. The summed E-state index contributed by atoms with van der Waals surface area (Å²) in [6, 6.07) is 22.7. The van der Waals surface area contributed by atoms with E-state index in [1.165, 1.54) is 0 Å². The number of hydrogen-bond acceptors (Lipinski definition) is 6. The van der Waals surface area contributed by atoms with E-state index in [-0.39, 0.29) is 5.91 Å². The molecule has 1 spiro atoms. The second kappa shape index (κ2) is 9.64. The van der Waals surface area contributed by atoms with Crippen molar-refractivity contribution in [2.75, 3.05) is 43.1 Å².